The number of hydrogen-bond acceptors (Lipinski definition) is 5. The molecule has 1 aromatic heterocycles. The minimum Gasteiger partial charge on any atom is -0.325 e. The van der Waals surface area contributed by atoms with Crippen molar-refractivity contribution in [3.05, 3.63) is 63.9 Å². The molecule has 7 nitrogen and oxygen atoms in total. The van der Waals surface area contributed by atoms with Gasteiger partial charge in [-0.1, -0.05) is 51.4 Å². The zero-order valence-electron chi connectivity index (χ0n) is 16.1. The zero-order valence-corrected chi connectivity index (χ0v) is 19.2. The maximum Gasteiger partial charge on any atom is 0.234 e. The highest BCUT2D eigenvalue weighted by atomic mass is 79.9. The van der Waals surface area contributed by atoms with E-state index >= 15 is 0 Å². The van der Waals surface area contributed by atoms with E-state index in [9.17, 15) is 9.59 Å². The highest BCUT2D eigenvalue weighted by molar-refractivity contribution is 9.10. The SMILES string of the molecule is CCn1c(CC(=O)Nc2ccccc2Cl)nnc1SCC(=O)Nc1ccc(Br)cc1. The van der Waals surface area contributed by atoms with Crippen LogP contribution in [-0.2, 0) is 22.6 Å². The maximum atomic E-state index is 12.4. The predicted molar refractivity (Wildman–Crippen MR) is 123 cm³/mol. The molecule has 0 spiro atoms. The molecule has 3 rings (SSSR count). The Morgan fingerprint density at radius 3 is 2.50 bits per heavy atom. The van der Waals surface area contributed by atoms with E-state index < -0.39 is 0 Å². The lowest BCUT2D eigenvalue weighted by atomic mass is 10.3. The fraction of sp³-hybridized carbons (Fsp3) is 0.200. The first-order valence-corrected chi connectivity index (χ1v) is 11.3. The average Bonchev–Trinajstić information content (AvgIpc) is 3.11. The number of carbonyl (C=O) groups excluding carboxylic acids is 2. The second-order valence-electron chi connectivity index (χ2n) is 6.19. The third kappa shape index (κ3) is 6.07. The van der Waals surface area contributed by atoms with Crippen molar-refractivity contribution in [3.8, 4) is 0 Å². The minimum absolute atomic E-state index is 0.0533. The standard InChI is InChI=1S/C20H19BrClN5O2S/c1-2-27-17(11-18(28)24-16-6-4-3-5-15(16)22)25-26-20(27)30-12-19(29)23-14-9-7-13(21)8-10-14/h3-10H,2,11-12H2,1H3,(H,23,29)(H,24,28). The molecule has 156 valence electrons. The molecule has 0 aliphatic carbocycles. The minimum atomic E-state index is -0.241. The number of aromatic nitrogens is 3. The molecule has 10 heteroatoms. The van der Waals surface area contributed by atoms with Gasteiger partial charge in [-0.3, -0.25) is 9.59 Å². The van der Waals surface area contributed by atoms with E-state index in [0.717, 1.165) is 10.2 Å². The summed E-state index contributed by atoms with van der Waals surface area (Å²) < 4.78 is 2.76. The molecule has 2 N–H and O–H groups in total. The van der Waals surface area contributed by atoms with Crippen LogP contribution in [0, 0.1) is 0 Å². The number of para-hydroxylation sites is 1. The monoisotopic (exact) mass is 507 g/mol. The Labute approximate surface area is 191 Å². The van der Waals surface area contributed by atoms with E-state index in [-0.39, 0.29) is 24.0 Å². The molecule has 2 amide bonds. The van der Waals surface area contributed by atoms with Gasteiger partial charge in [0.25, 0.3) is 0 Å². The molecule has 0 unspecified atom stereocenters. The van der Waals surface area contributed by atoms with Crippen LogP contribution in [0.15, 0.2) is 58.2 Å². The van der Waals surface area contributed by atoms with Gasteiger partial charge in [0.1, 0.15) is 5.82 Å². The lowest BCUT2D eigenvalue weighted by Gasteiger charge is -2.09. The van der Waals surface area contributed by atoms with E-state index in [4.69, 9.17) is 11.6 Å². The van der Waals surface area contributed by atoms with Crippen molar-refractivity contribution in [3.63, 3.8) is 0 Å². The van der Waals surface area contributed by atoms with Crippen LogP contribution in [0.3, 0.4) is 0 Å². The van der Waals surface area contributed by atoms with Gasteiger partial charge in [-0.25, -0.2) is 0 Å². The van der Waals surface area contributed by atoms with Crippen LogP contribution < -0.4 is 10.6 Å². The van der Waals surface area contributed by atoms with E-state index in [0.29, 0.717) is 28.2 Å². The first kappa shape index (κ1) is 22.3. The fourth-order valence-electron chi connectivity index (χ4n) is 2.64. The molecular formula is C20H19BrClN5O2S. The van der Waals surface area contributed by atoms with Crippen LogP contribution in [0.2, 0.25) is 5.02 Å². The number of anilines is 2. The summed E-state index contributed by atoms with van der Waals surface area (Å²) in [7, 11) is 0. The van der Waals surface area contributed by atoms with Crippen LogP contribution in [0.25, 0.3) is 0 Å². The largest absolute Gasteiger partial charge is 0.325 e. The third-order valence-electron chi connectivity index (χ3n) is 4.04. The number of halogens is 2. The van der Waals surface area contributed by atoms with Crippen molar-refractivity contribution in [2.45, 2.75) is 25.0 Å². The first-order chi connectivity index (χ1) is 14.5. The molecule has 0 bridgehead atoms. The van der Waals surface area contributed by atoms with Crippen molar-refractivity contribution in [2.75, 3.05) is 16.4 Å². The number of hydrogen-bond donors (Lipinski definition) is 2. The predicted octanol–water partition coefficient (Wildman–Crippen LogP) is 4.63. The molecule has 1 heterocycles. The quantitative estimate of drug-likeness (QED) is 0.433. The van der Waals surface area contributed by atoms with Crippen molar-refractivity contribution in [1.82, 2.24) is 14.8 Å². The molecule has 0 saturated carbocycles. The summed E-state index contributed by atoms with van der Waals surface area (Å²) in [6.45, 7) is 2.52. The molecule has 0 radical (unpaired) electrons. The molecule has 0 aliphatic rings. The molecule has 0 fully saturated rings. The maximum absolute atomic E-state index is 12.4. The summed E-state index contributed by atoms with van der Waals surface area (Å²) >= 11 is 10.7. The van der Waals surface area contributed by atoms with E-state index in [1.165, 1.54) is 11.8 Å². The van der Waals surface area contributed by atoms with E-state index in [2.05, 4.69) is 36.8 Å². The molecule has 2 aromatic carbocycles. The molecule has 0 atom stereocenters. The summed E-state index contributed by atoms with van der Waals surface area (Å²) in [5, 5.41) is 14.9. The van der Waals surface area contributed by atoms with Crippen LogP contribution in [0.1, 0.15) is 12.7 Å². The van der Waals surface area contributed by atoms with Gasteiger partial charge in [-0.05, 0) is 43.3 Å². The number of nitrogens with one attached hydrogen (secondary N) is 2. The number of thioether (sulfide) groups is 1. The van der Waals surface area contributed by atoms with Crippen LogP contribution in [-0.4, -0.2) is 32.3 Å². The van der Waals surface area contributed by atoms with Crippen molar-refractivity contribution in [1.29, 1.82) is 0 Å². The zero-order chi connectivity index (χ0) is 21.5. The van der Waals surface area contributed by atoms with Crippen molar-refractivity contribution >= 4 is 62.5 Å². The summed E-state index contributed by atoms with van der Waals surface area (Å²) in [6.07, 6.45) is 0.0533. The molecule has 0 saturated heterocycles. The Balaban J connectivity index is 1.58. The van der Waals surface area contributed by atoms with E-state index in [1.807, 2.05) is 35.8 Å². The van der Waals surface area contributed by atoms with Crippen molar-refractivity contribution in [2.24, 2.45) is 0 Å². The second kappa shape index (κ2) is 10.6. The summed E-state index contributed by atoms with van der Waals surface area (Å²) in [5.74, 6) is 0.318. The van der Waals surface area contributed by atoms with Gasteiger partial charge in [0, 0.05) is 16.7 Å². The molecular weight excluding hydrogens is 490 g/mol. The number of rotatable bonds is 8. The summed E-state index contributed by atoms with van der Waals surface area (Å²) in [6, 6.07) is 14.4. The van der Waals surface area contributed by atoms with Gasteiger partial charge in [0.15, 0.2) is 5.16 Å². The summed E-state index contributed by atoms with van der Waals surface area (Å²) in [4.78, 5) is 24.6. The van der Waals surface area contributed by atoms with Gasteiger partial charge in [-0.2, -0.15) is 0 Å². The normalized spacial score (nSPS) is 10.6. The first-order valence-electron chi connectivity index (χ1n) is 9.11. The number of nitrogens with zero attached hydrogens (tertiary/aromatic N) is 3. The van der Waals surface area contributed by atoms with Crippen LogP contribution in [0.4, 0.5) is 11.4 Å². The van der Waals surface area contributed by atoms with Crippen molar-refractivity contribution < 1.29 is 9.59 Å². The number of amides is 2. The van der Waals surface area contributed by atoms with Gasteiger partial charge >= 0.3 is 0 Å². The fourth-order valence-corrected chi connectivity index (χ4v) is 3.90. The van der Waals surface area contributed by atoms with Gasteiger partial charge < -0.3 is 15.2 Å². The lowest BCUT2D eigenvalue weighted by molar-refractivity contribution is -0.116. The molecule has 0 aliphatic heterocycles. The third-order valence-corrected chi connectivity index (χ3v) is 5.86. The van der Waals surface area contributed by atoms with E-state index in [1.54, 1.807) is 24.3 Å². The van der Waals surface area contributed by atoms with Gasteiger partial charge in [-0.15, -0.1) is 10.2 Å². The molecule has 3 aromatic rings. The highest BCUT2D eigenvalue weighted by Gasteiger charge is 2.16. The lowest BCUT2D eigenvalue weighted by Crippen LogP contribution is -2.18. The smallest absolute Gasteiger partial charge is 0.234 e. The highest BCUT2D eigenvalue weighted by Crippen LogP contribution is 2.22. The van der Waals surface area contributed by atoms with Crippen LogP contribution in [0.5, 0.6) is 0 Å². The van der Waals surface area contributed by atoms with Gasteiger partial charge in [0.2, 0.25) is 11.8 Å². The number of benzene rings is 2. The topological polar surface area (TPSA) is 88.9 Å². The number of carbonyl (C=O) groups is 2. The van der Waals surface area contributed by atoms with Gasteiger partial charge in [0.05, 0.1) is 22.9 Å². The Morgan fingerprint density at radius 1 is 1.07 bits per heavy atom. The Bertz CT molecular complexity index is 1040. The van der Waals surface area contributed by atoms with Crippen LogP contribution >= 0.6 is 39.3 Å². The Kier molecular flexibility index (Phi) is 7.89. The second-order valence-corrected chi connectivity index (χ2v) is 8.46. The average molecular weight is 509 g/mol. The Morgan fingerprint density at radius 2 is 1.80 bits per heavy atom. The molecule has 30 heavy (non-hydrogen) atoms. The summed E-state index contributed by atoms with van der Waals surface area (Å²) in [5.41, 5.74) is 1.27. The Hall–Kier alpha value is -2.36.